The maximum atomic E-state index is 12.3. The molecule has 0 atom stereocenters. The van der Waals surface area contributed by atoms with Crippen LogP contribution in [-0.2, 0) is 16.1 Å². The lowest BCUT2D eigenvalue weighted by Crippen LogP contribution is -2.20. The number of carbonyl (C=O) groups is 2. The number of hydrazone groups is 1. The maximum Gasteiger partial charge on any atom is 0.308 e. The highest BCUT2D eigenvalue weighted by molar-refractivity contribution is 7.99. The smallest absolute Gasteiger partial charge is 0.308 e. The molecule has 1 aromatic heterocycles. The first-order valence-electron chi connectivity index (χ1n) is 10.3. The molecule has 0 aliphatic heterocycles. The first kappa shape index (κ1) is 24.8. The molecule has 178 valence electrons. The molecule has 1 amide bonds. The van der Waals surface area contributed by atoms with Gasteiger partial charge in [0, 0.05) is 19.0 Å². The summed E-state index contributed by atoms with van der Waals surface area (Å²) in [6.45, 7) is 3.96. The minimum Gasteiger partial charge on any atom is -0.497 e. The molecule has 0 bridgehead atoms. The third-order valence-corrected chi connectivity index (χ3v) is 5.52. The minimum absolute atomic E-state index is 0.118. The fraction of sp³-hybridized carbons (Fsp3) is 0.261. The van der Waals surface area contributed by atoms with Gasteiger partial charge >= 0.3 is 5.97 Å². The number of ether oxygens (including phenoxy) is 3. The lowest BCUT2D eigenvalue weighted by Gasteiger charge is -2.08. The van der Waals surface area contributed by atoms with E-state index in [4.69, 9.17) is 14.2 Å². The van der Waals surface area contributed by atoms with Crippen LogP contribution in [0.2, 0.25) is 0 Å². The quantitative estimate of drug-likeness (QED) is 0.154. The van der Waals surface area contributed by atoms with Gasteiger partial charge in [-0.3, -0.25) is 9.59 Å². The summed E-state index contributed by atoms with van der Waals surface area (Å²) in [4.78, 5) is 23.4. The third-order valence-electron chi connectivity index (χ3n) is 4.56. The molecule has 0 aliphatic carbocycles. The predicted octanol–water partition coefficient (Wildman–Crippen LogP) is 3.15. The third kappa shape index (κ3) is 6.35. The van der Waals surface area contributed by atoms with Crippen molar-refractivity contribution >= 4 is 29.9 Å². The van der Waals surface area contributed by atoms with E-state index >= 15 is 0 Å². The first-order chi connectivity index (χ1) is 16.4. The van der Waals surface area contributed by atoms with Gasteiger partial charge in [-0.05, 0) is 55.0 Å². The van der Waals surface area contributed by atoms with E-state index in [0.29, 0.717) is 28.8 Å². The zero-order valence-electron chi connectivity index (χ0n) is 19.3. The number of carbonyl (C=O) groups excluding carboxylic acids is 2. The van der Waals surface area contributed by atoms with Gasteiger partial charge in [0.15, 0.2) is 22.5 Å². The van der Waals surface area contributed by atoms with Crippen molar-refractivity contribution in [1.82, 2.24) is 20.2 Å². The van der Waals surface area contributed by atoms with Crippen molar-refractivity contribution < 1.29 is 23.8 Å². The van der Waals surface area contributed by atoms with E-state index in [9.17, 15) is 9.59 Å². The normalized spacial score (nSPS) is 10.8. The summed E-state index contributed by atoms with van der Waals surface area (Å²) in [5, 5.41) is 13.1. The van der Waals surface area contributed by atoms with Crippen molar-refractivity contribution in [3.8, 4) is 28.6 Å². The largest absolute Gasteiger partial charge is 0.497 e. The summed E-state index contributed by atoms with van der Waals surface area (Å²) in [7, 11) is 3.09. The van der Waals surface area contributed by atoms with Gasteiger partial charge in [0.05, 0.1) is 26.2 Å². The van der Waals surface area contributed by atoms with Crippen molar-refractivity contribution in [3.63, 3.8) is 0 Å². The Kier molecular flexibility index (Phi) is 8.63. The van der Waals surface area contributed by atoms with Crippen molar-refractivity contribution in [3.05, 3.63) is 48.0 Å². The van der Waals surface area contributed by atoms with Crippen LogP contribution in [-0.4, -0.2) is 52.8 Å². The average molecular weight is 484 g/mol. The molecule has 11 heteroatoms. The van der Waals surface area contributed by atoms with E-state index in [1.165, 1.54) is 32.0 Å². The number of thioether (sulfide) groups is 1. The monoisotopic (exact) mass is 483 g/mol. The van der Waals surface area contributed by atoms with E-state index in [2.05, 4.69) is 20.7 Å². The van der Waals surface area contributed by atoms with E-state index in [1.54, 1.807) is 25.3 Å². The Morgan fingerprint density at radius 3 is 2.50 bits per heavy atom. The number of esters is 1. The molecule has 0 saturated carbocycles. The van der Waals surface area contributed by atoms with Gasteiger partial charge in [-0.25, -0.2) is 5.43 Å². The zero-order valence-corrected chi connectivity index (χ0v) is 20.1. The Morgan fingerprint density at radius 1 is 1.09 bits per heavy atom. The number of rotatable bonds is 10. The molecule has 0 fully saturated rings. The number of methoxy groups -OCH3 is 2. The number of aromatic nitrogens is 3. The second-order valence-corrected chi connectivity index (χ2v) is 7.81. The Hall–Kier alpha value is -3.86. The molecule has 0 spiro atoms. The highest BCUT2D eigenvalue weighted by atomic mass is 32.2. The van der Waals surface area contributed by atoms with Crippen LogP contribution in [0, 0.1) is 0 Å². The zero-order chi connectivity index (χ0) is 24.5. The van der Waals surface area contributed by atoms with Crippen LogP contribution in [0.5, 0.6) is 17.2 Å². The molecule has 0 unspecified atom stereocenters. The number of nitrogens with zero attached hydrogens (tertiary/aromatic N) is 4. The van der Waals surface area contributed by atoms with Crippen LogP contribution in [0.25, 0.3) is 11.4 Å². The maximum absolute atomic E-state index is 12.3. The molecule has 0 saturated heterocycles. The number of hydrogen-bond acceptors (Lipinski definition) is 9. The molecule has 1 N–H and O–H groups in total. The molecule has 1 heterocycles. The van der Waals surface area contributed by atoms with Gasteiger partial charge in [0.1, 0.15) is 5.75 Å². The van der Waals surface area contributed by atoms with Gasteiger partial charge in [0.25, 0.3) is 5.91 Å². The fourth-order valence-corrected chi connectivity index (χ4v) is 3.77. The Morgan fingerprint density at radius 2 is 1.85 bits per heavy atom. The Bertz CT molecular complexity index is 1180. The number of amides is 1. The number of nitrogens with one attached hydrogen (secondary N) is 1. The number of hydrogen-bond donors (Lipinski definition) is 1. The highest BCUT2D eigenvalue weighted by Gasteiger charge is 2.14. The first-order valence-corrected chi connectivity index (χ1v) is 11.3. The van der Waals surface area contributed by atoms with Crippen LogP contribution < -0.4 is 19.6 Å². The van der Waals surface area contributed by atoms with Gasteiger partial charge in [0.2, 0.25) is 0 Å². The summed E-state index contributed by atoms with van der Waals surface area (Å²) in [6, 6.07) is 12.5. The van der Waals surface area contributed by atoms with Crippen LogP contribution >= 0.6 is 11.8 Å². The molecule has 10 nitrogen and oxygen atoms in total. The second kappa shape index (κ2) is 11.8. The van der Waals surface area contributed by atoms with Crippen molar-refractivity contribution in [1.29, 1.82) is 0 Å². The summed E-state index contributed by atoms with van der Waals surface area (Å²) in [6.07, 6.45) is 1.47. The second-order valence-electron chi connectivity index (χ2n) is 6.86. The summed E-state index contributed by atoms with van der Waals surface area (Å²) < 4.78 is 17.4. The lowest BCUT2D eigenvalue weighted by atomic mass is 10.2. The van der Waals surface area contributed by atoms with Crippen molar-refractivity contribution in [2.24, 2.45) is 5.10 Å². The Balaban J connectivity index is 1.58. The molecule has 3 aromatic rings. The molecule has 2 aromatic carbocycles. The molecule has 0 radical (unpaired) electrons. The highest BCUT2D eigenvalue weighted by Crippen LogP contribution is 2.28. The average Bonchev–Trinajstić information content (AvgIpc) is 3.26. The van der Waals surface area contributed by atoms with Crippen LogP contribution in [0.1, 0.15) is 19.4 Å². The number of benzene rings is 2. The minimum atomic E-state index is -0.445. The van der Waals surface area contributed by atoms with E-state index in [-0.39, 0.29) is 11.7 Å². The summed E-state index contributed by atoms with van der Waals surface area (Å²) >= 11 is 1.27. The van der Waals surface area contributed by atoms with Gasteiger partial charge in [-0.2, -0.15) is 5.10 Å². The molecule has 3 rings (SSSR count). The van der Waals surface area contributed by atoms with Crippen molar-refractivity contribution in [2.45, 2.75) is 25.5 Å². The van der Waals surface area contributed by atoms with Gasteiger partial charge in [-0.15, -0.1) is 10.2 Å². The SMILES string of the molecule is CCn1c(SCC(=O)N/N=C/c2ccc(OC(C)=O)c(OC)c2)nnc1-c1ccc(OC)cc1. The van der Waals surface area contributed by atoms with E-state index < -0.39 is 5.97 Å². The van der Waals surface area contributed by atoms with Gasteiger partial charge in [-0.1, -0.05) is 11.8 Å². The fourth-order valence-electron chi connectivity index (χ4n) is 2.98. The summed E-state index contributed by atoms with van der Waals surface area (Å²) in [5.41, 5.74) is 4.06. The molecular weight excluding hydrogens is 458 g/mol. The van der Waals surface area contributed by atoms with Crippen LogP contribution in [0.15, 0.2) is 52.7 Å². The van der Waals surface area contributed by atoms with Crippen molar-refractivity contribution in [2.75, 3.05) is 20.0 Å². The lowest BCUT2D eigenvalue weighted by molar-refractivity contribution is -0.132. The van der Waals surface area contributed by atoms with Crippen LogP contribution in [0.3, 0.4) is 0 Å². The standard InChI is InChI=1S/C23H25N5O5S/c1-5-28-22(17-7-9-18(31-3)10-8-17)26-27-23(28)34-14-21(30)25-24-13-16-6-11-19(33-15(2)29)20(12-16)32-4/h6-13H,5,14H2,1-4H3,(H,25,30)/b24-13+. The molecule has 34 heavy (non-hydrogen) atoms. The summed E-state index contributed by atoms with van der Waals surface area (Å²) in [5.74, 6) is 1.55. The molecular formula is C23H25N5O5S. The predicted molar refractivity (Wildman–Crippen MR) is 128 cm³/mol. The molecule has 0 aliphatic rings. The topological polar surface area (TPSA) is 117 Å². The van der Waals surface area contributed by atoms with E-state index in [1.807, 2.05) is 35.8 Å². The van der Waals surface area contributed by atoms with Gasteiger partial charge < -0.3 is 18.8 Å². The van der Waals surface area contributed by atoms with Crippen LogP contribution in [0.4, 0.5) is 0 Å². The Labute approximate surface area is 201 Å². The van der Waals surface area contributed by atoms with E-state index in [0.717, 1.165) is 17.1 Å².